The third kappa shape index (κ3) is 3.46. The molecule has 136 valence electrons. The molecule has 0 amide bonds. The lowest BCUT2D eigenvalue weighted by molar-refractivity contribution is 0.178. The maximum absolute atomic E-state index is 14.1. The Morgan fingerprint density at radius 3 is 2.69 bits per heavy atom. The van der Waals surface area contributed by atoms with Crippen molar-refractivity contribution in [3.63, 3.8) is 0 Å². The maximum Gasteiger partial charge on any atom is 0.326 e. The quantitative estimate of drug-likeness (QED) is 0.643. The number of piperidine rings is 1. The first-order chi connectivity index (χ1) is 12.5. The summed E-state index contributed by atoms with van der Waals surface area (Å²) in [6.07, 6.45) is 1.69. The van der Waals surface area contributed by atoms with Crippen molar-refractivity contribution in [2.75, 3.05) is 13.1 Å². The lowest BCUT2D eigenvalue weighted by Gasteiger charge is -2.32. The molecule has 0 unspecified atom stereocenters. The number of fused-ring (bicyclic) bond motifs is 1. The molecule has 0 aliphatic carbocycles. The summed E-state index contributed by atoms with van der Waals surface area (Å²) in [6.45, 7) is 2.22. The van der Waals surface area contributed by atoms with Gasteiger partial charge in [0.15, 0.2) is 0 Å². The molecule has 1 aliphatic rings. The molecule has 2 aromatic carbocycles. The molecule has 0 radical (unpaired) electrons. The average Bonchev–Trinajstić information content (AvgIpc) is 2.93. The standard InChI is InChI=1S/C19H18BrClFN3O/c20-13-2-1-12(16(22)9-13)11-24-7-5-15(6-8-24)25-18-10-14(21)3-4-17(18)23-19(25)26/h1-4,9-10,15H,5-8,11H2,(H,23,26). The Kier molecular flexibility index (Phi) is 4.90. The zero-order valence-electron chi connectivity index (χ0n) is 14.0. The summed E-state index contributed by atoms with van der Waals surface area (Å²) >= 11 is 9.39. The number of halogens is 3. The molecule has 1 aromatic heterocycles. The Hall–Kier alpha value is -1.63. The van der Waals surface area contributed by atoms with Gasteiger partial charge in [0.1, 0.15) is 5.82 Å². The first-order valence-electron chi connectivity index (χ1n) is 8.57. The van der Waals surface area contributed by atoms with E-state index in [1.807, 2.05) is 28.8 Å². The van der Waals surface area contributed by atoms with Gasteiger partial charge < -0.3 is 4.98 Å². The second-order valence-corrected chi connectivity index (χ2v) is 8.06. The first-order valence-corrected chi connectivity index (χ1v) is 9.74. The summed E-state index contributed by atoms with van der Waals surface area (Å²) < 4.78 is 16.6. The zero-order valence-corrected chi connectivity index (χ0v) is 16.4. The van der Waals surface area contributed by atoms with Crippen molar-refractivity contribution in [2.45, 2.75) is 25.4 Å². The zero-order chi connectivity index (χ0) is 18.3. The van der Waals surface area contributed by atoms with Gasteiger partial charge >= 0.3 is 5.69 Å². The van der Waals surface area contributed by atoms with Gasteiger partial charge in [0.2, 0.25) is 0 Å². The molecule has 1 fully saturated rings. The number of aromatic amines is 1. The Balaban J connectivity index is 1.49. The highest BCUT2D eigenvalue weighted by molar-refractivity contribution is 9.10. The SMILES string of the molecule is O=c1[nH]c2ccc(Cl)cc2n1C1CCN(Cc2ccc(Br)cc2F)CC1. The largest absolute Gasteiger partial charge is 0.326 e. The van der Waals surface area contributed by atoms with Crippen molar-refractivity contribution in [1.82, 2.24) is 14.5 Å². The van der Waals surface area contributed by atoms with Crippen LogP contribution < -0.4 is 5.69 Å². The average molecular weight is 439 g/mol. The maximum atomic E-state index is 14.1. The van der Waals surface area contributed by atoms with Gasteiger partial charge in [-0.05, 0) is 43.2 Å². The summed E-state index contributed by atoms with van der Waals surface area (Å²) in [7, 11) is 0. The van der Waals surface area contributed by atoms with Crippen molar-refractivity contribution in [3.8, 4) is 0 Å². The Morgan fingerprint density at radius 2 is 1.96 bits per heavy atom. The van der Waals surface area contributed by atoms with E-state index in [1.165, 1.54) is 6.07 Å². The van der Waals surface area contributed by atoms with Gasteiger partial charge in [-0.2, -0.15) is 0 Å². The molecule has 0 spiro atoms. The fourth-order valence-corrected chi connectivity index (χ4v) is 4.18. The van der Waals surface area contributed by atoms with Gasteiger partial charge in [-0.15, -0.1) is 0 Å². The summed E-state index contributed by atoms with van der Waals surface area (Å²) in [5.74, 6) is -0.191. The summed E-state index contributed by atoms with van der Waals surface area (Å²) in [6, 6.07) is 10.7. The molecular weight excluding hydrogens is 421 g/mol. The van der Waals surface area contributed by atoms with E-state index in [4.69, 9.17) is 11.6 Å². The molecule has 1 aliphatic heterocycles. The van der Waals surface area contributed by atoms with Gasteiger partial charge in [0, 0.05) is 40.7 Å². The van der Waals surface area contributed by atoms with Gasteiger partial charge in [-0.3, -0.25) is 9.47 Å². The lowest BCUT2D eigenvalue weighted by atomic mass is 10.0. The number of nitrogens with zero attached hydrogens (tertiary/aromatic N) is 2. The Labute approximate surface area is 163 Å². The predicted octanol–water partition coefficient (Wildman–Crippen LogP) is 4.72. The number of hydrogen-bond acceptors (Lipinski definition) is 2. The third-order valence-corrected chi connectivity index (χ3v) is 5.74. The Bertz CT molecular complexity index is 1010. The number of rotatable bonds is 3. The minimum Gasteiger partial charge on any atom is -0.306 e. The molecule has 7 heteroatoms. The van der Waals surface area contributed by atoms with Gasteiger partial charge in [0.05, 0.1) is 11.0 Å². The predicted molar refractivity (Wildman–Crippen MR) is 105 cm³/mol. The number of aromatic nitrogens is 2. The molecule has 26 heavy (non-hydrogen) atoms. The van der Waals surface area contributed by atoms with Crippen LogP contribution in [0.4, 0.5) is 4.39 Å². The van der Waals surface area contributed by atoms with Crippen LogP contribution in [0.15, 0.2) is 45.7 Å². The second kappa shape index (κ2) is 7.18. The summed E-state index contributed by atoms with van der Waals surface area (Å²) in [5.41, 5.74) is 2.25. The molecule has 0 bridgehead atoms. The van der Waals surface area contributed by atoms with Crippen LogP contribution in [0.25, 0.3) is 11.0 Å². The minimum absolute atomic E-state index is 0.0975. The van der Waals surface area contributed by atoms with Crippen molar-refractivity contribution in [1.29, 1.82) is 0 Å². The normalized spacial score (nSPS) is 16.4. The van der Waals surface area contributed by atoms with Crippen molar-refractivity contribution in [3.05, 3.63) is 67.8 Å². The summed E-state index contributed by atoms with van der Waals surface area (Å²) in [4.78, 5) is 17.5. The van der Waals surface area contributed by atoms with E-state index in [0.29, 0.717) is 17.1 Å². The number of likely N-dealkylation sites (tertiary alicyclic amines) is 1. The summed E-state index contributed by atoms with van der Waals surface area (Å²) in [5, 5.41) is 0.619. The molecule has 4 rings (SSSR count). The van der Waals surface area contributed by atoms with Crippen LogP contribution in [-0.2, 0) is 6.54 Å². The molecule has 0 saturated carbocycles. The van der Waals surface area contributed by atoms with Crippen molar-refractivity contribution < 1.29 is 4.39 Å². The number of hydrogen-bond donors (Lipinski definition) is 1. The monoisotopic (exact) mass is 437 g/mol. The molecule has 1 saturated heterocycles. The van der Waals surface area contributed by atoms with Crippen LogP contribution >= 0.6 is 27.5 Å². The molecular formula is C19H18BrClFN3O. The Morgan fingerprint density at radius 1 is 1.19 bits per heavy atom. The first kappa shape index (κ1) is 17.8. The highest BCUT2D eigenvalue weighted by Gasteiger charge is 2.24. The third-order valence-electron chi connectivity index (χ3n) is 5.01. The van der Waals surface area contributed by atoms with E-state index in [2.05, 4.69) is 25.8 Å². The highest BCUT2D eigenvalue weighted by Crippen LogP contribution is 2.27. The van der Waals surface area contributed by atoms with Crippen molar-refractivity contribution >= 4 is 38.6 Å². The van der Waals surface area contributed by atoms with Crippen molar-refractivity contribution in [2.24, 2.45) is 0 Å². The smallest absolute Gasteiger partial charge is 0.306 e. The molecule has 0 atom stereocenters. The number of nitrogens with one attached hydrogen (secondary N) is 1. The van der Waals surface area contributed by atoms with Gasteiger partial charge in [-0.1, -0.05) is 33.6 Å². The highest BCUT2D eigenvalue weighted by atomic mass is 79.9. The van der Waals surface area contributed by atoms with Crippen LogP contribution in [0.2, 0.25) is 5.02 Å². The van der Waals surface area contributed by atoms with Gasteiger partial charge in [0.25, 0.3) is 0 Å². The molecule has 1 N–H and O–H groups in total. The topological polar surface area (TPSA) is 41.0 Å². The number of benzene rings is 2. The van der Waals surface area contributed by atoms with Crippen LogP contribution in [0, 0.1) is 5.82 Å². The van der Waals surface area contributed by atoms with Crippen LogP contribution in [0.5, 0.6) is 0 Å². The van der Waals surface area contributed by atoms with Crippen LogP contribution in [0.3, 0.4) is 0 Å². The fraction of sp³-hybridized carbons (Fsp3) is 0.316. The van der Waals surface area contributed by atoms with E-state index in [0.717, 1.165) is 41.4 Å². The molecule has 4 nitrogen and oxygen atoms in total. The van der Waals surface area contributed by atoms with E-state index in [1.54, 1.807) is 6.07 Å². The van der Waals surface area contributed by atoms with E-state index in [-0.39, 0.29) is 17.5 Å². The van der Waals surface area contributed by atoms with E-state index in [9.17, 15) is 9.18 Å². The lowest BCUT2D eigenvalue weighted by Crippen LogP contribution is -2.36. The second-order valence-electron chi connectivity index (χ2n) is 6.70. The molecule has 2 heterocycles. The van der Waals surface area contributed by atoms with Crippen LogP contribution in [0.1, 0.15) is 24.4 Å². The van der Waals surface area contributed by atoms with E-state index >= 15 is 0 Å². The number of imidazole rings is 1. The van der Waals surface area contributed by atoms with E-state index < -0.39 is 0 Å². The fourth-order valence-electron chi connectivity index (χ4n) is 3.68. The van der Waals surface area contributed by atoms with Gasteiger partial charge in [-0.25, -0.2) is 9.18 Å². The van der Waals surface area contributed by atoms with Crippen LogP contribution in [-0.4, -0.2) is 27.5 Å². The molecule has 3 aromatic rings. The minimum atomic E-state index is -0.191. The number of H-pyrrole nitrogens is 1.